The van der Waals surface area contributed by atoms with Gasteiger partial charge in [0.05, 0.1) is 5.92 Å². The van der Waals surface area contributed by atoms with E-state index in [9.17, 15) is 35.1 Å². The van der Waals surface area contributed by atoms with Crippen LogP contribution in [0.3, 0.4) is 0 Å². The lowest BCUT2D eigenvalue weighted by atomic mass is 9.46. The van der Waals surface area contributed by atoms with Crippen molar-refractivity contribution in [3.63, 3.8) is 0 Å². The number of allylic oxidation sites excluding steroid dienone is 2. The topological polar surface area (TPSA) is 161 Å². The van der Waals surface area contributed by atoms with Gasteiger partial charge in [-0.15, -0.1) is 0 Å². The number of aliphatic hydroxyl groups is 3. The molecular weight excluding hydrogens is 751 g/mol. The van der Waals surface area contributed by atoms with Crippen LogP contribution < -0.4 is 16.2 Å². The van der Waals surface area contributed by atoms with E-state index in [0.717, 1.165) is 110 Å². The van der Waals surface area contributed by atoms with Gasteiger partial charge in [-0.05, 0) is 146 Å². The fourth-order valence-electron chi connectivity index (χ4n) is 12.6. The van der Waals surface area contributed by atoms with Gasteiger partial charge in [-0.2, -0.15) is 0 Å². The Morgan fingerprint density at radius 2 is 1.75 bits per heavy atom. The number of aldehydes is 1. The standard InChI is InChI=1S/C52H63NO7/c53-24-23-32-13-16-37(25-32)39(31-54)9-3-1-2-7-34-10-6-12-44(50(57)58)48(51(59)60)52-30-46-40(28-38-8-4-5-11-43(38)49(46)56)29-41(52)20-17-36-15-14-33(27-47(36)52)26-45(34)35-18-21-42(55)22-19-35/h4-6,8,11-12,14-15,18-19,21-22,25,27-28,31,34,37,39-41,44-46,48,50,55-58H,1-3,7,9-10,13,16-17,20,23-24,26,29-30,53H2,(H,59,60). The van der Waals surface area contributed by atoms with Gasteiger partial charge in [0.1, 0.15) is 17.8 Å². The first-order valence-corrected chi connectivity index (χ1v) is 22.6. The molecule has 10 atom stereocenters. The number of phenolic OH excluding ortho intramolecular Hbond substituents is 1. The molecule has 8 rings (SSSR count). The van der Waals surface area contributed by atoms with Crippen molar-refractivity contribution in [2.24, 2.45) is 53.1 Å². The third-order valence-electron chi connectivity index (χ3n) is 15.5. The van der Waals surface area contributed by atoms with Gasteiger partial charge in [0.15, 0.2) is 6.29 Å². The Morgan fingerprint density at radius 3 is 2.52 bits per heavy atom. The van der Waals surface area contributed by atoms with Crippen molar-refractivity contribution in [2.45, 2.75) is 108 Å². The van der Waals surface area contributed by atoms with Crippen molar-refractivity contribution in [3.05, 3.63) is 123 Å². The Balaban J connectivity index is 1.14. The van der Waals surface area contributed by atoms with Crippen LogP contribution in [0, 0.1) is 47.3 Å². The number of hydrogen-bond donors (Lipinski definition) is 6. The van der Waals surface area contributed by atoms with Crippen LogP contribution in [0.1, 0.15) is 105 Å². The highest BCUT2D eigenvalue weighted by Crippen LogP contribution is 2.61. The molecule has 0 aliphatic heterocycles. The van der Waals surface area contributed by atoms with Crippen LogP contribution in [0.4, 0.5) is 0 Å². The number of fused-ring (bicyclic) bond motifs is 3. The maximum absolute atomic E-state index is 13.9. The minimum Gasteiger partial charge on any atom is -0.511 e. The van der Waals surface area contributed by atoms with Crippen LogP contribution in [-0.4, -0.2) is 50.6 Å². The highest BCUT2D eigenvalue weighted by atomic mass is 16.5. The number of aliphatic hydroxyl groups excluding tert-OH is 2. The third-order valence-corrected chi connectivity index (χ3v) is 15.5. The smallest absolute Gasteiger partial charge is 0.308 e. The molecular formula is C52H63NO7. The van der Waals surface area contributed by atoms with E-state index in [1.165, 1.54) is 5.57 Å². The summed E-state index contributed by atoms with van der Waals surface area (Å²) < 4.78 is 0. The summed E-state index contributed by atoms with van der Waals surface area (Å²) in [7, 11) is 0. The minimum atomic E-state index is -1.90. The van der Waals surface area contributed by atoms with Gasteiger partial charge in [0.2, 0.25) is 0 Å². The number of unbranched alkanes of at least 4 members (excludes halogenated alkanes) is 2. The molecule has 2 bridgehead atoms. The Hall–Kier alpha value is -4.50. The predicted octanol–water partition coefficient (Wildman–Crippen LogP) is 7.36. The zero-order valence-corrected chi connectivity index (χ0v) is 34.7. The Kier molecular flexibility index (Phi) is 12.8. The molecule has 3 aromatic rings. The molecule has 10 unspecified atom stereocenters. The molecule has 7 N–H and O–H groups in total. The van der Waals surface area contributed by atoms with Crippen molar-refractivity contribution < 1.29 is 35.1 Å². The second-order valence-electron chi connectivity index (χ2n) is 18.8. The van der Waals surface area contributed by atoms with Crippen molar-refractivity contribution >= 4 is 24.1 Å². The summed E-state index contributed by atoms with van der Waals surface area (Å²) >= 11 is 0. The number of benzene rings is 3. The lowest BCUT2D eigenvalue weighted by Crippen LogP contribution is -2.58. The van der Waals surface area contributed by atoms with Gasteiger partial charge in [0.25, 0.3) is 0 Å². The zero-order chi connectivity index (χ0) is 42.0. The van der Waals surface area contributed by atoms with Crippen LogP contribution in [-0.2, 0) is 27.8 Å². The summed E-state index contributed by atoms with van der Waals surface area (Å²) in [5.74, 6) is -2.55. The van der Waals surface area contributed by atoms with Gasteiger partial charge in [-0.3, -0.25) is 4.79 Å². The number of carbonyl (C=O) groups is 2. The van der Waals surface area contributed by atoms with Crippen molar-refractivity contribution in [3.8, 4) is 5.75 Å². The molecule has 5 aliphatic carbocycles. The Morgan fingerprint density at radius 1 is 0.933 bits per heavy atom. The summed E-state index contributed by atoms with van der Waals surface area (Å²) in [6.45, 7) is 0.640. The quantitative estimate of drug-likeness (QED) is 0.0452. The number of hydrogen-bond acceptors (Lipinski definition) is 7. The predicted molar refractivity (Wildman–Crippen MR) is 234 cm³/mol. The molecule has 8 nitrogen and oxygen atoms in total. The number of rotatable bonds is 13. The summed E-state index contributed by atoms with van der Waals surface area (Å²) in [6.07, 6.45) is 19.2. The first-order valence-electron chi connectivity index (χ1n) is 22.6. The van der Waals surface area contributed by atoms with Crippen LogP contribution in [0.15, 0.2) is 90.5 Å². The molecule has 3 aromatic carbocycles. The number of phenols is 1. The number of aliphatic carboxylic acids is 1. The van der Waals surface area contributed by atoms with Gasteiger partial charge >= 0.3 is 5.97 Å². The van der Waals surface area contributed by atoms with Crippen molar-refractivity contribution in [2.75, 3.05) is 6.54 Å². The molecule has 1 fully saturated rings. The van der Waals surface area contributed by atoms with Crippen molar-refractivity contribution in [1.29, 1.82) is 0 Å². The van der Waals surface area contributed by atoms with E-state index in [1.54, 1.807) is 18.2 Å². The monoisotopic (exact) mass is 813 g/mol. The third kappa shape index (κ3) is 8.27. The van der Waals surface area contributed by atoms with Gasteiger partial charge in [-0.25, -0.2) is 0 Å². The van der Waals surface area contributed by atoms with E-state index in [0.29, 0.717) is 37.5 Å². The van der Waals surface area contributed by atoms with E-state index in [4.69, 9.17) is 5.73 Å². The zero-order valence-electron chi connectivity index (χ0n) is 34.7. The van der Waals surface area contributed by atoms with Gasteiger partial charge < -0.3 is 36.1 Å². The Labute approximate surface area is 354 Å². The maximum atomic E-state index is 13.9. The highest BCUT2D eigenvalue weighted by Gasteiger charge is 2.60. The number of carboxylic acid groups (broad SMARTS) is 1. The summed E-state index contributed by atoms with van der Waals surface area (Å²) in [5, 5.41) is 57.9. The second-order valence-corrected chi connectivity index (χ2v) is 18.8. The lowest BCUT2D eigenvalue weighted by Gasteiger charge is -2.57. The fourth-order valence-corrected chi connectivity index (χ4v) is 12.6. The number of carboxylic acids is 1. The van der Waals surface area contributed by atoms with Gasteiger partial charge in [0, 0.05) is 28.4 Å². The van der Waals surface area contributed by atoms with E-state index >= 15 is 0 Å². The number of nitrogens with two attached hydrogens (primary N) is 1. The normalized spacial score (nSPS) is 30.1. The molecule has 0 heterocycles. The SMILES string of the molecule is NCCC1=CC(C(C=O)CCCCCC2CC=CC(C(O)O)C(C(=O)O)C34CC5C(O)=c6ccccc6=CC5CC3CCc3ccc(cc34)CC2c2ccc(O)cc2)CC1. The van der Waals surface area contributed by atoms with E-state index in [-0.39, 0.29) is 41.3 Å². The highest BCUT2D eigenvalue weighted by molar-refractivity contribution is 5.74. The summed E-state index contributed by atoms with van der Waals surface area (Å²) in [4.78, 5) is 26.1. The van der Waals surface area contributed by atoms with Crippen LogP contribution >= 0.6 is 0 Å². The summed E-state index contributed by atoms with van der Waals surface area (Å²) in [6, 6.07) is 22.0. The average molecular weight is 814 g/mol. The molecule has 0 aromatic heterocycles. The molecule has 60 heavy (non-hydrogen) atoms. The molecule has 1 spiro atoms. The van der Waals surface area contributed by atoms with E-state index in [1.807, 2.05) is 42.5 Å². The minimum absolute atomic E-state index is 0.0224. The van der Waals surface area contributed by atoms with Crippen LogP contribution in [0.5, 0.6) is 5.75 Å². The van der Waals surface area contributed by atoms with E-state index < -0.39 is 29.5 Å². The average Bonchev–Trinajstić information content (AvgIpc) is 3.71. The molecule has 5 aliphatic rings. The van der Waals surface area contributed by atoms with Gasteiger partial charge in [-0.1, -0.05) is 104 Å². The first kappa shape index (κ1) is 42.2. The first-order chi connectivity index (χ1) is 29.1. The molecule has 0 saturated heterocycles. The summed E-state index contributed by atoms with van der Waals surface area (Å²) in [5.41, 5.74) is 10.5. The maximum Gasteiger partial charge on any atom is 0.308 e. The number of carbonyl (C=O) groups excluding carboxylic acids is 1. The number of aryl methyl sites for hydroxylation is 1. The van der Waals surface area contributed by atoms with Crippen LogP contribution in [0.2, 0.25) is 0 Å². The van der Waals surface area contributed by atoms with E-state index in [2.05, 4.69) is 30.4 Å². The molecule has 8 heteroatoms. The lowest BCUT2D eigenvalue weighted by molar-refractivity contribution is -0.161. The van der Waals surface area contributed by atoms with Crippen LogP contribution in [0.25, 0.3) is 11.8 Å². The second kappa shape index (κ2) is 18.2. The fraction of sp³-hybridized carbons (Fsp3) is 0.500. The molecule has 1 saturated carbocycles. The number of aromatic hydroxyl groups is 1. The molecule has 318 valence electrons. The Bertz CT molecular complexity index is 2210. The molecule has 0 radical (unpaired) electrons. The molecule has 0 amide bonds. The largest absolute Gasteiger partial charge is 0.511 e. The van der Waals surface area contributed by atoms with Crippen molar-refractivity contribution in [1.82, 2.24) is 0 Å².